The van der Waals surface area contributed by atoms with Crippen LogP contribution in [-0.2, 0) is 12.1 Å². The summed E-state index contributed by atoms with van der Waals surface area (Å²) in [6.07, 6.45) is 6.92. The van der Waals surface area contributed by atoms with Crippen LogP contribution in [0, 0.1) is 0 Å². The molecular formula is C29H29N3O3. The molecule has 0 radical (unpaired) electrons. The Balaban J connectivity index is 1.20. The van der Waals surface area contributed by atoms with Crippen LogP contribution in [0.5, 0.6) is 11.5 Å². The number of carbonyl (C=O) groups excluding carboxylic acids is 1. The van der Waals surface area contributed by atoms with Gasteiger partial charge in [0, 0.05) is 42.5 Å². The predicted molar refractivity (Wildman–Crippen MR) is 135 cm³/mol. The second kappa shape index (κ2) is 8.86. The molecule has 1 N–H and O–H groups in total. The summed E-state index contributed by atoms with van der Waals surface area (Å²) in [4.78, 5) is 19.6. The van der Waals surface area contributed by atoms with Crippen molar-refractivity contribution in [3.63, 3.8) is 0 Å². The summed E-state index contributed by atoms with van der Waals surface area (Å²) in [5.74, 6) is 1.73. The molecule has 3 aliphatic rings. The summed E-state index contributed by atoms with van der Waals surface area (Å²) in [6, 6.07) is 18.1. The molecule has 0 unspecified atom stereocenters. The van der Waals surface area contributed by atoms with Crippen molar-refractivity contribution in [1.82, 2.24) is 15.2 Å². The molecule has 35 heavy (non-hydrogen) atoms. The maximum Gasteiger partial charge on any atom is 0.252 e. The molecule has 3 aromatic rings. The van der Waals surface area contributed by atoms with Gasteiger partial charge in [-0.25, -0.2) is 0 Å². The van der Waals surface area contributed by atoms with Gasteiger partial charge in [0.1, 0.15) is 18.1 Å². The summed E-state index contributed by atoms with van der Waals surface area (Å²) in [5, 5.41) is 3.29. The van der Waals surface area contributed by atoms with Gasteiger partial charge >= 0.3 is 0 Å². The number of hydrogen-bond acceptors (Lipinski definition) is 5. The average Bonchev–Trinajstić information content (AvgIpc) is 3.07. The number of fused-ring (bicyclic) bond motifs is 4. The van der Waals surface area contributed by atoms with E-state index in [1.165, 1.54) is 5.56 Å². The van der Waals surface area contributed by atoms with E-state index in [0.717, 1.165) is 78.4 Å². The molecular weight excluding hydrogens is 438 g/mol. The van der Waals surface area contributed by atoms with Crippen LogP contribution in [0.4, 0.5) is 0 Å². The first kappa shape index (κ1) is 21.9. The Hall–Kier alpha value is -3.64. The van der Waals surface area contributed by atoms with Crippen molar-refractivity contribution in [3.8, 4) is 11.5 Å². The van der Waals surface area contributed by atoms with E-state index in [1.54, 1.807) is 7.11 Å². The molecule has 2 aromatic carbocycles. The minimum Gasteiger partial charge on any atom is -0.497 e. The van der Waals surface area contributed by atoms with Gasteiger partial charge in [0.25, 0.3) is 5.91 Å². The highest BCUT2D eigenvalue weighted by molar-refractivity contribution is 6.00. The van der Waals surface area contributed by atoms with Crippen molar-refractivity contribution < 1.29 is 14.3 Å². The fourth-order valence-electron chi connectivity index (χ4n) is 5.68. The SMILES string of the molecule is COc1ccc2c(c1)/C(=C/CCN1CCC3(CC1)NC(=O)c1ccccc13)c1cccnc1CO2. The Morgan fingerprint density at radius 2 is 1.91 bits per heavy atom. The molecule has 178 valence electrons. The molecule has 0 atom stereocenters. The van der Waals surface area contributed by atoms with Crippen LogP contribution in [0.15, 0.2) is 66.9 Å². The number of pyridine rings is 1. The standard InChI is InChI=1S/C29H29N3O3/c1-34-20-10-11-27-24(18-20)21(22-7-4-14-30-26(22)19-35-27)8-5-15-32-16-12-29(13-17-32)25-9-3-2-6-23(25)28(33)31-29/h2-4,6-11,14,18H,5,12-13,15-17,19H2,1H3,(H,31,33)/b21-8+. The Morgan fingerprint density at radius 3 is 2.77 bits per heavy atom. The van der Waals surface area contributed by atoms with Crippen LogP contribution in [0.3, 0.4) is 0 Å². The molecule has 4 heterocycles. The summed E-state index contributed by atoms with van der Waals surface area (Å²) >= 11 is 0. The topological polar surface area (TPSA) is 63.7 Å². The molecule has 6 rings (SSSR count). The molecule has 0 aliphatic carbocycles. The Bertz CT molecular complexity index is 1310. The monoisotopic (exact) mass is 467 g/mol. The number of nitrogens with zero attached hydrogens (tertiary/aromatic N) is 2. The molecule has 1 spiro atoms. The number of likely N-dealkylation sites (tertiary alicyclic amines) is 1. The molecule has 6 nitrogen and oxygen atoms in total. The maximum absolute atomic E-state index is 12.5. The number of hydrogen-bond donors (Lipinski definition) is 1. The maximum atomic E-state index is 12.5. The average molecular weight is 468 g/mol. The van der Waals surface area contributed by atoms with Crippen LogP contribution in [0.25, 0.3) is 5.57 Å². The van der Waals surface area contributed by atoms with Crippen molar-refractivity contribution in [2.45, 2.75) is 31.4 Å². The Labute approximate surface area is 205 Å². The quantitative estimate of drug-likeness (QED) is 0.611. The van der Waals surface area contributed by atoms with E-state index in [2.05, 4.69) is 33.4 Å². The largest absolute Gasteiger partial charge is 0.497 e. The van der Waals surface area contributed by atoms with Crippen LogP contribution < -0.4 is 14.8 Å². The van der Waals surface area contributed by atoms with Gasteiger partial charge in [-0.05, 0) is 60.7 Å². The normalized spacial score (nSPS) is 19.3. The van der Waals surface area contributed by atoms with E-state index in [-0.39, 0.29) is 11.4 Å². The van der Waals surface area contributed by atoms with E-state index >= 15 is 0 Å². The minimum absolute atomic E-state index is 0.0655. The van der Waals surface area contributed by atoms with Crippen LogP contribution in [-0.4, -0.2) is 42.5 Å². The predicted octanol–water partition coefficient (Wildman–Crippen LogP) is 4.54. The number of rotatable bonds is 4. The van der Waals surface area contributed by atoms with E-state index in [0.29, 0.717) is 6.61 Å². The number of benzene rings is 2. The molecule has 3 aliphatic heterocycles. The molecule has 1 saturated heterocycles. The lowest BCUT2D eigenvalue weighted by Gasteiger charge is -2.39. The zero-order valence-electron chi connectivity index (χ0n) is 19.9. The van der Waals surface area contributed by atoms with Gasteiger partial charge in [-0.15, -0.1) is 0 Å². The molecule has 0 saturated carbocycles. The number of nitrogens with one attached hydrogen (secondary N) is 1. The first-order valence-electron chi connectivity index (χ1n) is 12.3. The highest BCUT2D eigenvalue weighted by Gasteiger charge is 2.44. The summed E-state index contributed by atoms with van der Waals surface area (Å²) in [7, 11) is 1.69. The van der Waals surface area contributed by atoms with Crippen molar-refractivity contribution in [2.75, 3.05) is 26.7 Å². The molecule has 6 heteroatoms. The van der Waals surface area contributed by atoms with Gasteiger partial charge in [-0.3, -0.25) is 9.78 Å². The smallest absolute Gasteiger partial charge is 0.252 e. The van der Waals surface area contributed by atoms with Crippen molar-refractivity contribution >= 4 is 11.5 Å². The third-order valence-corrected chi connectivity index (χ3v) is 7.57. The lowest BCUT2D eigenvalue weighted by molar-refractivity contribution is 0.0865. The van der Waals surface area contributed by atoms with Crippen molar-refractivity contribution in [3.05, 3.63) is 94.8 Å². The van der Waals surface area contributed by atoms with E-state index in [4.69, 9.17) is 9.47 Å². The van der Waals surface area contributed by atoms with E-state index in [9.17, 15) is 4.79 Å². The highest BCUT2D eigenvalue weighted by Crippen LogP contribution is 2.40. The van der Waals surface area contributed by atoms with E-state index < -0.39 is 0 Å². The van der Waals surface area contributed by atoms with Gasteiger partial charge in [0.2, 0.25) is 0 Å². The number of piperidine rings is 1. The van der Waals surface area contributed by atoms with Gasteiger partial charge in [0.15, 0.2) is 0 Å². The molecule has 0 bridgehead atoms. The summed E-state index contributed by atoms with van der Waals surface area (Å²) in [6.45, 7) is 3.34. The highest BCUT2D eigenvalue weighted by atomic mass is 16.5. The van der Waals surface area contributed by atoms with Crippen LogP contribution >= 0.6 is 0 Å². The lowest BCUT2D eigenvalue weighted by Crippen LogP contribution is -2.49. The van der Waals surface area contributed by atoms with Gasteiger partial charge < -0.3 is 19.7 Å². The second-order valence-electron chi connectivity index (χ2n) is 9.48. The van der Waals surface area contributed by atoms with Gasteiger partial charge in [-0.2, -0.15) is 0 Å². The lowest BCUT2D eigenvalue weighted by atomic mass is 9.82. The fourth-order valence-corrected chi connectivity index (χ4v) is 5.68. The third kappa shape index (κ3) is 3.88. The first-order valence-corrected chi connectivity index (χ1v) is 12.3. The molecule has 1 fully saturated rings. The molecule has 1 aromatic heterocycles. The number of aromatic nitrogens is 1. The van der Waals surface area contributed by atoms with Crippen molar-refractivity contribution in [1.29, 1.82) is 0 Å². The Kier molecular flexibility index (Phi) is 5.53. The minimum atomic E-state index is -0.207. The second-order valence-corrected chi connectivity index (χ2v) is 9.48. The van der Waals surface area contributed by atoms with Gasteiger partial charge in [-0.1, -0.05) is 30.3 Å². The van der Waals surface area contributed by atoms with Crippen molar-refractivity contribution in [2.24, 2.45) is 0 Å². The van der Waals surface area contributed by atoms with Crippen LogP contribution in [0.1, 0.15) is 52.0 Å². The number of ether oxygens (including phenoxy) is 2. The summed E-state index contributed by atoms with van der Waals surface area (Å²) in [5.41, 5.74) is 6.04. The van der Waals surface area contributed by atoms with Gasteiger partial charge in [0.05, 0.1) is 18.3 Å². The number of carbonyl (C=O) groups is 1. The zero-order valence-corrected chi connectivity index (χ0v) is 19.9. The third-order valence-electron chi connectivity index (χ3n) is 7.57. The molecule has 1 amide bonds. The Morgan fingerprint density at radius 1 is 1.09 bits per heavy atom. The number of amides is 1. The van der Waals surface area contributed by atoms with Crippen LogP contribution in [0.2, 0.25) is 0 Å². The van der Waals surface area contributed by atoms with E-state index in [1.807, 2.05) is 48.7 Å². The zero-order chi connectivity index (χ0) is 23.8. The first-order chi connectivity index (χ1) is 17.2. The fraction of sp³-hybridized carbons (Fsp3) is 0.310. The number of methoxy groups -OCH3 is 1. The summed E-state index contributed by atoms with van der Waals surface area (Å²) < 4.78 is 11.6.